The van der Waals surface area contributed by atoms with E-state index in [0.29, 0.717) is 9.13 Å². The molecule has 0 aromatic heterocycles. The van der Waals surface area contributed by atoms with Gasteiger partial charge in [0.25, 0.3) is 0 Å². The van der Waals surface area contributed by atoms with E-state index in [1.165, 1.54) is 0 Å². The molecule has 0 radical (unpaired) electrons. The van der Waals surface area contributed by atoms with Crippen molar-refractivity contribution in [2.24, 2.45) is 0 Å². The van der Waals surface area contributed by atoms with Crippen LogP contribution in [0.25, 0.3) is 0 Å². The van der Waals surface area contributed by atoms with Crippen LogP contribution in [0, 0.1) is 10.5 Å². The predicted molar refractivity (Wildman–Crippen MR) is 56.6 cm³/mol. The van der Waals surface area contributed by atoms with Crippen molar-refractivity contribution in [2.75, 3.05) is 0 Å². The summed E-state index contributed by atoms with van der Waals surface area (Å²) in [5.41, 5.74) is -0.0175. The summed E-state index contributed by atoms with van der Waals surface area (Å²) in [6, 6.07) is 2.82. The third-order valence-electron chi connectivity index (χ3n) is 1.52. The second kappa shape index (κ2) is 3.76. The molecule has 0 saturated heterocycles. The summed E-state index contributed by atoms with van der Waals surface area (Å²) >= 11 is 4.79. The first-order valence-corrected chi connectivity index (χ1v) is 5.22. The summed E-state index contributed by atoms with van der Waals surface area (Å²) in [5.74, 6) is 0. The van der Waals surface area contributed by atoms with Gasteiger partial charge in [0, 0.05) is 8.04 Å². The van der Waals surface area contributed by atoms with Gasteiger partial charge in [-0.3, -0.25) is 0 Å². The first-order chi connectivity index (χ1) is 5.82. The van der Waals surface area contributed by atoms with Crippen LogP contribution >= 0.6 is 38.5 Å². The fourth-order valence-corrected chi connectivity index (χ4v) is 2.16. The zero-order valence-electron chi connectivity index (χ0n) is 6.54. The SMILES string of the molecule is Cc1cc(I)cc(C(F)(F)F)c1Br. The molecule has 0 unspecified atom stereocenters. The lowest BCUT2D eigenvalue weighted by Gasteiger charge is -2.11. The van der Waals surface area contributed by atoms with Crippen LogP contribution in [0.1, 0.15) is 11.1 Å². The summed E-state index contributed by atoms with van der Waals surface area (Å²) in [6.07, 6.45) is -4.29. The molecule has 0 bridgehead atoms. The summed E-state index contributed by atoms with van der Waals surface area (Å²) < 4.78 is 37.8. The number of alkyl halides is 3. The maximum atomic E-state index is 12.4. The van der Waals surface area contributed by atoms with Crippen molar-refractivity contribution >= 4 is 38.5 Å². The minimum atomic E-state index is -4.29. The highest BCUT2D eigenvalue weighted by molar-refractivity contribution is 14.1. The number of hydrogen-bond donors (Lipinski definition) is 0. The van der Waals surface area contributed by atoms with Gasteiger partial charge in [-0.15, -0.1) is 0 Å². The Balaban J connectivity index is 3.37. The van der Waals surface area contributed by atoms with Crippen LogP contribution < -0.4 is 0 Å². The van der Waals surface area contributed by atoms with Crippen LogP contribution in [0.5, 0.6) is 0 Å². The summed E-state index contributed by atoms with van der Waals surface area (Å²) in [7, 11) is 0. The van der Waals surface area contributed by atoms with E-state index in [4.69, 9.17) is 0 Å². The third-order valence-corrected chi connectivity index (χ3v) is 3.20. The lowest BCUT2D eigenvalue weighted by atomic mass is 10.1. The number of hydrogen-bond acceptors (Lipinski definition) is 0. The van der Waals surface area contributed by atoms with E-state index >= 15 is 0 Å². The van der Waals surface area contributed by atoms with E-state index in [1.807, 2.05) is 22.6 Å². The Kier molecular flexibility index (Phi) is 3.27. The Labute approximate surface area is 95.8 Å². The van der Waals surface area contributed by atoms with E-state index in [0.717, 1.165) is 6.07 Å². The molecule has 0 fully saturated rings. The van der Waals surface area contributed by atoms with Gasteiger partial charge in [-0.05, 0) is 63.1 Å². The van der Waals surface area contributed by atoms with E-state index in [2.05, 4.69) is 15.9 Å². The van der Waals surface area contributed by atoms with Crippen molar-refractivity contribution < 1.29 is 13.2 Å². The first kappa shape index (κ1) is 11.3. The lowest BCUT2D eigenvalue weighted by molar-refractivity contribution is -0.138. The number of aryl methyl sites for hydroxylation is 1. The molecular weight excluding hydrogens is 360 g/mol. The Morgan fingerprint density at radius 3 is 2.31 bits per heavy atom. The minimum Gasteiger partial charge on any atom is -0.166 e. The molecule has 0 amide bonds. The van der Waals surface area contributed by atoms with Gasteiger partial charge in [0.1, 0.15) is 0 Å². The Morgan fingerprint density at radius 1 is 1.31 bits per heavy atom. The lowest BCUT2D eigenvalue weighted by Crippen LogP contribution is -2.07. The summed E-state index contributed by atoms with van der Waals surface area (Å²) in [5, 5.41) is 0. The van der Waals surface area contributed by atoms with Crippen molar-refractivity contribution in [3.63, 3.8) is 0 Å². The van der Waals surface area contributed by atoms with Crippen LogP contribution in [0.4, 0.5) is 13.2 Å². The zero-order chi connectivity index (χ0) is 10.2. The summed E-state index contributed by atoms with van der Waals surface area (Å²) in [6.45, 7) is 1.64. The Bertz CT molecular complexity index is 333. The number of benzene rings is 1. The molecule has 0 saturated carbocycles. The average Bonchev–Trinajstić information content (AvgIpc) is 1.94. The molecule has 13 heavy (non-hydrogen) atoms. The molecule has 0 aliphatic rings. The van der Waals surface area contributed by atoms with Crippen molar-refractivity contribution in [3.05, 3.63) is 31.3 Å². The van der Waals surface area contributed by atoms with Crippen molar-refractivity contribution in [2.45, 2.75) is 13.1 Å². The molecular formula is C8H5BrF3I. The van der Waals surface area contributed by atoms with E-state index in [-0.39, 0.29) is 4.47 Å². The molecule has 5 heteroatoms. The third kappa shape index (κ3) is 2.59. The van der Waals surface area contributed by atoms with Gasteiger partial charge in [0.15, 0.2) is 0 Å². The Morgan fingerprint density at radius 2 is 1.85 bits per heavy atom. The smallest absolute Gasteiger partial charge is 0.166 e. The second-order valence-corrected chi connectivity index (χ2v) is 4.62. The molecule has 0 spiro atoms. The molecule has 72 valence electrons. The zero-order valence-corrected chi connectivity index (χ0v) is 10.3. The molecule has 1 aromatic carbocycles. The van der Waals surface area contributed by atoms with Gasteiger partial charge in [0.05, 0.1) is 5.56 Å². The normalized spacial score (nSPS) is 11.8. The second-order valence-electron chi connectivity index (χ2n) is 2.58. The van der Waals surface area contributed by atoms with Crippen LogP contribution in [0.15, 0.2) is 16.6 Å². The van der Waals surface area contributed by atoms with Crippen molar-refractivity contribution in [1.82, 2.24) is 0 Å². The van der Waals surface area contributed by atoms with Gasteiger partial charge >= 0.3 is 6.18 Å². The van der Waals surface area contributed by atoms with E-state index in [1.54, 1.807) is 13.0 Å². The molecule has 0 N–H and O–H groups in total. The van der Waals surface area contributed by atoms with Crippen molar-refractivity contribution in [1.29, 1.82) is 0 Å². The number of halogens is 5. The van der Waals surface area contributed by atoms with Gasteiger partial charge in [-0.1, -0.05) is 0 Å². The Hall–Kier alpha value is 0.220. The van der Waals surface area contributed by atoms with Crippen LogP contribution in [-0.4, -0.2) is 0 Å². The molecule has 0 atom stereocenters. The molecule has 0 aliphatic heterocycles. The van der Waals surface area contributed by atoms with E-state index in [9.17, 15) is 13.2 Å². The summed E-state index contributed by atoms with van der Waals surface area (Å²) in [4.78, 5) is 0. The average molecular weight is 365 g/mol. The van der Waals surface area contributed by atoms with Crippen LogP contribution in [0.3, 0.4) is 0 Å². The fraction of sp³-hybridized carbons (Fsp3) is 0.250. The number of rotatable bonds is 0. The highest BCUT2D eigenvalue weighted by Crippen LogP contribution is 2.37. The largest absolute Gasteiger partial charge is 0.417 e. The first-order valence-electron chi connectivity index (χ1n) is 3.35. The minimum absolute atomic E-state index is 0.125. The quantitative estimate of drug-likeness (QED) is 0.599. The van der Waals surface area contributed by atoms with Crippen LogP contribution in [0.2, 0.25) is 0 Å². The fourth-order valence-electron chi connectivity index (χ4n) is 0.932. The maximum Gasteiger partial charge on any atom is 0.417 e. The van der Waals surface area contributed by atoms with Gasteiger partial charge < -0.3 is 0 Å². The van der Waals surface area contributed by atoms with Gasteiger partial charge in [0.2, 0.25) is 0 Å². The molecule has 0 heterocycles. The highest BCUT2D eigenvalue weighted by Gasteiger charge is 2.33. The van der Waals surface area contributed by atoms with Gasteiger partial charge in [-0.2, -0.15) is 13.2 Å². The van der Waals surface area contributed by atoms with E-state index < -0.39 is 11.7 Å². The maximum absolute atomic E-state index is 12.4. The molecule has 0 nitrogen and oxygen atoms in total. The standard InChI is InChI=1S/C8H5BrF3I/c1-4-2-5(13)3-6(7(4)9)8(10,11)12/h2-3H,1H3. The topological polar surface area (TPSA) is 0 Å². The molecule has 0 aliphatic carbocycles. The van der Waals surface area contributed by atoms with Gasteiger partial charge in [-0.25, -0.2) is 0 Å². The predicted octanol–water partition coefficient (Wildman–Crippen LogP) is 4.38. The van der Waals surface area contributed by atoms with Crippen molar-refractivity contribution in [3.8, 4) is 0 Å². The monoisotopic (exact) mass is 364 g/mol. The van der Waals surface area contributed by atoms with Crippen LogP contribution in [-0.2, 0) is 6.18 Å². The molecule has 1 aromatic rings. The molecule has 1 rings (SSSR count). The highest BCUT2D eigenvalue weighted by atomic mass is 127.